The van der Waals surface area contributed by atoms with Gasteiger partial charge in [-0.2, -0.15) is 0 Å². The molecule has 2 rings (SSSR count). The first-order valence-corrected chi connectivity index (χ1v) is 5.17. The molecule has 0 unspecified atom stereocenters. The predicted octanol–water partition coefficient (Wildman–Crippen LogP) is 2.00. The summed E-state index contributed by atoms with van der Waals surface area (Å²) in [6.45, 7) is 1.66. The molecule has 0 saturated carbocycles. The number of hydrogen-bond acceptors (Lipinski definition) is 4. The number of amidine groups is 1. The third kappa shape index (κ3) is 2.42. The van der Waals surface area contributed by atoms with Crippen molar-refractivity contribution in [3.05, 3.63) is 47.7 Å². The van der Waals surface area contributed by atoms with Gasteiger partial charge in [0, 0.05) is 18.5 Å². The Balaban J connectivity index is 2.34. The van der Waals surface area contributed by atoms with Crippen LogP contribution in [0.3, 0.4) is 0 Å². The van der Waals surface area contributed by atoms with Crippen molar-refractivity contribution in [3.8, 4) is 11.6 Å². The number of hydrogen-bond donors (Lipinski definition) is 2. The van der Waals surface area contributed by atoms with Crippen LogP contribution < -0.4 is 10.5 Å². The fourth-order valence-electron chi connectivity index (χ4n) is 1.33. The highest BCUT2D eigenvalue weighted by atomic mass is 19.1. The van der Waals surface area contributed by atoms with Gasteiger partial charge in [-0.3, -0.25) is 5.41 Å². The highest BCUT2D eigenvalue weighted by Gasteiger charge is 2.11. The van der Waals surface area contributed by atoms with E-state index in [2.05, 4.69) is 9.97 Å². The molecule has 1 aromatic heterocycles. The van der Waals surface area contributed by atoms with Crippen LogP contribution in [0.1, 0.15) is 11.3 Å². The Kier molecular flexibility index (Phi) is 3.18. The number of rotatable bonds is 3. The van der Waals surface area contributed by atoms with Crippen molar-refractivity contribution < 1.29 is 9.13 Å². The summed E-state index contributed by atoms with van der Waals surface area (Å²) in [5.74, 6) is -0.277. The zero-order valence-corrected chi connectivity index (χ0v) is 9.64. The molecule has 0 spiro atoms. The van der Waals surface area contributed by atoms with Gasteiger partial charge in [0.05, 0.1) is 0 Å². The van der Waals surface area contributed by atoms with Crippen molar-refractivity contribution in [2.45, 2.75) is 6.92 Å². The summed E-state index contributed by atoms with van der Waals surface area (Å²) in [6, 6.07) is 4.44. The normalized spacial score (nSPS) is 10.1. The summed E-state index contributed by atoms with van der Waals surface area (Å²) in [5, 5.41) is 7.34. The molecule has 0 atom stereocenters. The van der Waals surface area contributed by atoms with Gasteiger partial charge in [0.1, 0.15) is 17.4 Å². The third-order valence-corrected chi connectivity index (χ3v) is 2.28. The SMILES string of the molecule is Cc1ccc(Oc2nccnc2C(=N)N)cc1F. The Morgan fingerprint density at radius 2 is 2.06 bits per heavy atom. The van der Waals surface area contributed by atoms with Gasteiger partial charge in [0.2, 0.25) is 5.88 Å². The number of nitrogens with zero attached hydrogens (tertiary/aromatic N) is 2. The van der Waals surface area contributed by atoms with Crippen LogP contribution in [-0.2, 0) is 0 Å². The van der Waals surface area contributed by atoms with Crippen molar-refractivity contribution >= 4 is 5.84 Å². The molecule has 0 aliphatic rings. The fraction of sp³-hybridized carbons (Fsp3) is 0.0833. The largest absolute Gasteiger partial charge is 0.437 e. The van der Waals surface area contributed by atoms with Crippen molar-refractivity contribution in [3.63, 3.8) is 0 Å². The molecule has 0 aliphatic heterocycles. The van der Waals surface area contributed by atoms with E-state index < -0.39 is 0 Å². The number of nitrogen functional groups attached to an aromatic ring is 1. The van der Waals surface area contributed by atoms with E-state index in [1.165, 1.54) is 18.5 Å². The van der Waals surface area contributed by atoms with E-state index in [1.54, 1.807) is 19.1 Å². The Morgan fingerprint density at radius 1 is 1.33 bits per heavy atom. The molecule has 0 aliphatic carbocycles. The Bertz CT molecular complexity index is 600. The number of aryl methyl sites for hydroxylation is 1. The molecule has 0 fully saturated rings. The molecule has 1 heterocycles. The Labute approximate surface area is 103 Å². The van der Waals surface area contributed by atoms with Crippen LogP contribution in [0.5, 0.6) is 11.6 Å². The molecule has 92 valence electrons. The molecule has 0 radical (unpaired) electrons. The topological polar surface area (TPSA) is 84.9 Å². The van der Waals surface area contributed by atoms with Gasteiger partial charge >= 0.3 is 0 Å². The van der Waals surface area contributed by atoms with Gasteiger partial charge in [-0.1, -0.05) is 6.07 Å². The molecular formula is C12H11FN4O. The summed E-state index contributed by atoms with van der Waals surface area (Å²) < 4.78 is 18.7. The van der Waals surface area contributed by atoms with E-state index in [0.717, 1.165) is 0 Å². The van der Waals surface area contributed by atoms with Gasteiger partial charge in [-0.25, -0.2) is 14.4 Å². The first kappa shape index (κ1) is 12.0. The molecule has 6 heteroatoms. The quantitative estimate of drug-likeness (QED) is 0.640. The number of aromatic nitrogens is 2. The first-order chi connectivity index (χ1) is 8.58. The third-order valence-electron chi connectivity index (χ3n) is 2.28. The number of halogens is 1. The van der Waals surface area contributed by atoms with Crippen molar-refractivity contribution in [2.75, 3.05) is 0 Å². The van der Waals surface area contributed by atoms with Crippen molar-refractivity contribution in [2.24, 2.45) is 5.73 Å². The van der Waals surface area contributed by atoms with E-state index in [4.69, 9.17) is 15.9 Å². The van der Waals surface area contributed by atoms with E-state index in [-0.39, 0.29) is 29.0 Å². The Morgan fingerprint density at radius 3 is 2.72 bits per heavy atom. The van der Waals surface area contributed by atoms with Crippen LogP contribution in [0, 0.1) is 18.2 Å². The van der Waals surface area contributed by atoms with Crippen molar-refractivity contribution in [1.29, 1.82) is 5.41 Å². The summed E-state index contributed by atoms with van der Waals surface area (Å²) in [5.41, 5.74) is 5.99. The zero-order valence-electron chi connectivity index (χ0n) is 9.64. The average molecular weight is 246 g/mol. The van der Waals surface area contributed by atoms with E-state index >= 15 is 0 Å². The summed E-state index contributed by atoms with van der Waals surface area (Å²) >= 11 is 0. The second-order valence-corrected chi connectivity index (χ2v) is 3.64. The van der Waals surface area contributed by atoms with Gasteiger partial charge < -0.3 is 10.5 Å². The van der Waals surface area contributed by atoms with Crippen LogP contribution in [-0.4, -0.2) is 15.8 Å². The summed E-state index contributed by atoms with van der Waals surface area (Å²) in [6.07, 6.45) is 2.81. The average Bonchev–Trinajstić information content (AvgIpc) is 2.34. The predicted molar refractivity (Wildman–Crippen MR) is 64.3 cm³/mol. The molecule has 3 N–H and O–H groups in total. The van der Waals surface area contributed by atoms with E-state index in [1.807, 2.05) is 0 Å². The summed E-state index contributed by atoms with van der Waals surface area (Å²) in [7, 11) is 0. The minimum Gasteiger partial charge on any atom is -0.437 e. The number of ether oxygens (including phenoxy) is 1. The lowest BCUT2D eigenvalue weighted by atomic mass is 10.2. The van der Waals surface area contributed by atoms with Gasteiger partial charge in [-0.05, 0) is 18.6 Å². The molecule has 0 bridgehead atoms. The molecule has 0 amide bonds. The molecule has 5 nitrogen and oxygen atoms in total. The maximum atomic E-state index is 13.4. The van der Waals surface area contributed by atoms with Crippen LogP contribution in [0.2, 0.25) is 0 Å². The number of nitrogens with two attached hydrogens (primary N) is 1. The lowest BCUT2D eigenvalue weighted by Crippen LogP contribution is -2.15. The second kappa shape index (κ2) is 4.79. The monoisotopic (exact) mass is 246 g/mol. The van der Waals surface area contributed by atoms with Crippen LogP contribution >= 0.6 is 0 Å². The van der Waals surface area contributed by atoms with Gasteiger partial charge in [0.25, 0.3) is 0 Å². The molecule has 1 aromatic carbocycles. The standard InChI is InChI=1S/C12H11FN4O/c1-7-2-3-8(6-9(7)13)18-12-10(11(14)15)16-4-5-17-12/h2-6H,1H3,(H3,14,15). The summed E-state index contributed by atoms with van der Waals surface area (Å²) in [4.78, 5) is 7.80. The number of nitrogens with one attached hydrogen (secondary N) is 1. The molecule has 18 heavy (non-hydrogen) atoms. The Hall–Kier alpha value is -2.50. The maximum Gasteiger partial charge on any atom is 0.249 e. The lowest BCUT2D eigenvalue weighted by molar-refractivity contribution is 0.453. The molecule has 2 aromatic rings. The lowest BCUT2D eigenvalue weighted by Gasteiger charge is -2.08. The van der Waals surface area contributed by atoms with Crippen LogP contribution in [0.4, 0.5) is 4.39 Å². The van der Waals surface area contributed by atoms with Crippen molar-refractivity contribution in [1.82, 2.24) is 9.97 Å². The first-order valence-electron chi connectivity index (χ1n) is 5.17. The van der Waals surface area contributed by atoms with Gasteiger partial charge in [0.15, 0.2) is 5.69 Å². The van der Waals surface area contributed by atoms with Gasteiger partial charge in [-0.15, -0.1) is 0 Å². The fourth-order valence-corrected chi connectivity index (χ4v) is 1.33. The maximum absolute atomic E-state index is 13.4. The molecule has 0 saturated heterocycles. The van der Waals surface area contributed by atoms with E-state index in [9.17, 15) is 4.39 Å². The highest BCUT2D eigenvalue weighted by Crippen LogP contribution is 2.23. The number of benzene rings is 1. The van der Waals surface area contributed by atoms with E-state index in [0.29, 0.717) is 5.56 Å². The highest BCUT2D eigenvalue weighted by molar-refractivity contribution is 5.95. The molecular weight excluding hydrogens is 235 g/mol. The minimum absolute atomic E-state index is 0.0771. The van der Waals surface area contributed by atoms with Crippen LogP contribution in [0.25, 0.3) is 0 Å². The minimum atomic E-state index is -0.374. The van der Waals surface area contributed by atoms with Crippen LogP contribution in [0.15, 0.2) is 30.6 Å². The second-order valence-electron chi connectivity index (χ2n) is 3.64. The smallest absolute Gasteiger partial charge is 0.249 e. The zero-order chi connectivity index (χ0) is 13.1.